The van der Waals surface area contributed by atoms with Crippen LogP contribution in [0.2, 0.25) is 0 Å². The third-order valence-electron chi connectivity index (χ3n) is 3.37. The van der Waals surface area contributed by atoms with Gasteiger partial charge in [0.2, 0.25) is 5.91 Å². The van der Waals surface area contributed by atoms with Crippen LogP contribution in [0.5, 0.6) is 0 Å². The summed E-state index contributed by atoms with van der Waals surface area (Å²) in [5.74, 6) is -0.110. The molecule has 0 radical (unpaired) electrons. The zero-order valence-electron chi connectivity index (χ0n) is 12.2. The summed E-state index contributed by atoms with van der Waals surface area (Å²) in [6.45, 7) is 4.43. The lowest BCUT2D eigenvalue weighted by Gasteiger charge is -2.33. The zero-order valence-corrected chi connectivity index (χ0v) is 12.2. The Bertz CT molecular complexity index is 506. The van der Waals surface area contributed by atoms with Gasteiger partial charge in [-0.1, -0.05) is 6.07 Å². The van der Waals surface area contributed by atoms with Gasteiger partial charge < -0.3 is 10.4 Å². The van der Waals surface area contributed by atoms with Crippen molar-refractivity contribution in [2.45, 2.75) is 25.8 Å². The van der Waals surface area contributed by atoms with Gasteiger partial charge >= 0.3 is 0 Å². The molecule has 1 rings (SSSR count). The summed E-state index contributed by atoms with van der Waals surface area (Å²) in [6, 6.07) is 8.84. The number of anilines is 1. The minimum absolute atomic E-state index is 0.0370. The van der Waals surface area contributed by atoms with Crippen molar-refractivity contribution < 1.29 is 9.90 Å². The van der Waals surface area contributed by atoms with Crippen LogP contribution >= 0.6 is 0 Å². The molecular formula is C15H21N3O2. The maximum atomic E-state index is 11.8. The molecule has 5 nitrogen and oxygen atoms in total. The lowest BCUT2D eigenvalue weighted by molar-refractivity contribution is -0.116. The van der Waals surface area contributed by atoms with Gasteiger partial charge in [-0.3, -0.25) is 9.69 Å². The van der Waals surface area contributed by atoms with Crippen LogP contribution in [0.1, 0.15) is 25.8 Å². The van der Waals surface area contributed by atoms with Crippen molar-refractivity contribution in [3.05, 3.63) is 29.8 Å². The topological polar surface area (TPSA) is 76.4 Å². The summed E-state index contributed by atoms with van der Waals surface area (Å²) in [7, 11) is 1.87. The average molecular weight is 275 g/mol. The number of aliphatic hydroxyl groups excluding tert-OH is 1. The van der Waals surface area contributed by atoms with Crippen LogP contribution in [0.3, 0.4) is 0 Å². The van der Waals surface area contributed by atoms with E-state index in [9.17, 15) is 9.90 Å². The quantitative estimate of drug-likeness (QED) is 0.826. The summed E-state index contributed by atoms with van der Waals surface area (Å²) in [5.41, 5.74) is 0.792. The monoisotopic (exact) mass is 275 g/mol. The highest BCUT2D eigenvalue weighted by molar-refractivity contribution is 5.90. The Kier molecular flexibility index (Phi) is 5.68. The molecule has 0 heterocycles. The van der Waals surface area contributed by atoms with Gasteiger partial charge in [0.05, 0.1) is 18.2 Å². The minimum atomic E-state index is -0.346. The number of hydrogen-bond donors (Lipinski definition) is 2. The van der Waals surface area contributed by atoms with Crippen molar-refractivity contribution in [1.29, 1.82) is 5.26 Å². The number of carbonyl (C=O) groups is 1. The second kappa shape index (κ2) is 7.04. The third kappa shape index (κ3) is 4.65. The average Bonchev–Trinajstić information content (AvgIpc) is 2.44. The van der Waals surface area contributed by atoms with Crippen molar-refractivity contribution in [1.82, 2.24) is 4.90 Å². The highest BCUT2D eigenvalue weighted by atomic mass is 16.3. The molecule has 0 saturated heterocycles. The largest absolute Gasteiger partial charge is 0.394 e. The summed E-state index contributed by atoms with van der Waals surface area (Å²) in [6.07, 6.45) is 0.330. The zero-order chi connectivity index (χ0) is 15.2. The van der Waals surface area contributed by atoms with E-state index >= 15 is 0 Å². The standard InChI is InChI=1S/C15H21N3O2/c1-15(2,11-19)18(3)8-7-14(20)17-13-6-4-5-12(9-13)10-16/h4-6,9,19H,7-8,11H2,1-3H3,(H,17,20). The number of aliphatic hydroxyl groups is 1. The fraction of sp³-hybridized carbons (Fsp3) is 0.467. The van der Waals surface area contributed by atoms with E-state index in [1.165, 1.54) is 0 Å². The van der Waals surface area contributed by atoms with Crippen LogP contribution < -0.4 is 5.32 Å². The maximum absolute atomic E-state index is 11.8. The predicted molar refractivity (Wildman–Crippen MR) is 78.2 cm³/mol. The SMILES string of the molecule is CN(CCC(=O)Nc1cccc(C#N)c1)C(C)(C)CO. The summed E-state index contributed by atoms with van der Waals surface area (Å²) in [4.78, 5) is 13.8. The summed E-state index contributed by atoms with van der Waals surface area (Å²) >= 11 is 0. The van der Waals surface area contributed by atoms with Crippen molar-refractivity contribution in [2.75, 3.05) is 25.5 Å². The molecule has 1 amide bonds. The molecule has 0 spiro atoms. The first kappa shape index (κ1) is 16.2. The Labute approximate surface area is 119 Å². The van der Waals surface area contributed by atoms with Crippen LogP contribution in [-0.4, -0.2) is 41.7 Å². The molecule has 1 aromatic carbocycles. The summed E-state index contributed by atoms with van der Waals surface area (Å²) in [5, 5.41) is 20.8. The van der Waals surface area contributed by atoms with Crippen molar-refractivity contribution in [3.8, 4) is 6.07 Å². The van der Waals surface area contributed by atoms with Crippen LogP contribution in [-0.2, 0) is 4.79 Å². The molecule has 5 heteroatoms. The lowest BCUT2D eigenvalue weighted by atomic mass is 10.1. The number of rotatable bonds is 6. The fourth-order valence-electron chi connectivity index (χ4n) is 1.58. The first-order chi connectivity index (χ1) is 9.39. The van der Waals surface area contributed by atoms with E-state index in [-0.39, 0.29) is 18.1 Å². The summed E-state index contributed by atoms with van der Waals surface area (Å²) < 4.78 is 0. The third-order valence-corrected chi connectivity index (χ3v) is 3.37. The first-order valence-corrected chi connectivity index (χ1v) is 6.51. The number of carbonyl (C=O) groups excluding carboxylic acids is 1. The van der Waals surface area contributed by atoms with Gasteiger partial charge in [0, 0.05) is 24.2 Å². The van der Waals surface area contributed by atoms with Gasteiger partial charge in [-0.05, 0) is 39.1 Å². The number of nitriles is 1. The minimum Gasteiger partial charge on any atom is -0.394 e. The molecular weight excluding hydrogens is 254 g/mol. The molecule has 2 N–H and O–H groups in total. The van der Waals surface area contributed by atoms with E-state index < -0.39 is 0 Å². The normalized spacial score (nSPS) is 11.2. The molecule has 1 aromatic rings. The van der Waals surface area contributed by atoms with Gasteiger partial charge in [0.15, 0.2) is 0 Å². The second-order valence-electron chi connectivity index (χ2n) is 5.38. The highest BCUT2D eigenvalue weighted by Crippen LogP contribution is 2.13. The molecule has 0 fully saturated rings. The second-order valence-corrected chi connectivity index (χ2v) is 5.38. The number of nitrogens with zero attached hydrogens (tertiary/aromatic N) is 2. The van der Waals surface area contributed by atoms with Crippen LogP contribution in [0.25, 0.3) is 0 Å². The van der Waals surface area contributed by atoms with E-state index in [2.05, 4.69) is 5.32 Å². The van der Waals surface area contributed by atoms with Crippen LogP contribution in [0, 0.1) is 11.3 Å². The van der Waals surface area contributed by atoms with E-state index in [0.717, 1.165) is 0 Å². The molecule has 0 aliphatic carbocycles. The Balaban J connectivity index is 2.50. The number of hydrogen-bond acceptors (Lipinski definition) is 4. The van der Waals surface area contributed by atoms with E-state index in [4.69, 9.17) is 5.26 Å². The Morgan fingerprint density at radius 1 is 1.50 bits per heavy atom. The molecule has 0 bridgehead atoms. The number of nitrogens with one attached hydrogen (secondary N) is 1. The van der Waals surface area contributed by atoms with E-state index in [1.807, 2.05) is 31.9 Å². The van der Waals surface area contributed by atoms with Gasteiger partial charge in [-0.2, -0.15) is 5.26 Å². The molecule has 0 atom stereocenters. The molecule has 0 saturated carbocycles. The van der Waals surface area contributed by atoms with Crippen molar-refractivity contribution >= 4 is 11.6 Å². The van der Waals surface area contributed by atoms with Crippen molar-refractivity contribution in [2.24, 2.45) is 0 Å². The Morgan fingerprint density at radius 3 is 2.80 bits per heavy atom. The molecule has 0 unspecified atom stereocenters. The van der Waals surface area contributed by atoms with Crippen LogP contribution in [0.4, 0.5) is 5.69 Å². The van der Waals surface area contributed by atoms with Gasteiger partial charge in [0.25, 0.3) is 0 Å². The molecule has 108 valence electrons. The smallest absolute Gasteiger partial charge is 0.225 e. The predicted octanol–water partition coefficient (Wildman–Crippen LogP) is 1.59. The van der Waals surface area contributed by atoms with Gasteiger partial charge in [0.1, 0.15) is 0 Å². The van der Waals surface area contributed by atoms with E-state index in [0.29, 0.717) is 24.2 Å². The first-order valence-electron chi connectivity index (χ1n) is 6.51. The van der Waals surface area contributed by atoms with Crippen molar-refractivity contribution in [3.63, 3.8) is 0 Å². The number of amides is 1. The lowest BCUT2D eigenvalue weighted by Crippen LogP contribution is -2.45. The van der Waals surface area contributed by atoms with Crippen LogP contribution in [0.15, 0.2) is 24.3 Å². The van der Waals surface area contributed by atoms with E-state index in [1.54, 1.807) is 24.3 Å². The molecule has 0 aromatic heterocycles. The molecule has 20 heavy (non-hydrogen) atoms. The highest BCUT2D eigenvalue weighted by Gasteiger charge is 2.22. The number of benzene rings is 1. The Hall–Kier alpha value is -1.90. The van der Waals surface area contributed by atoms with Gasteiger partial charge in [-0.25, -0.2) is 0 Å². The van der Waals surface area contributed by atoms with Gasteiger partial charge in [-0.15, -0.1) is 0 Å². The Morgan fingerprint density at radius 2 is 2.20 bits per heavy atom. The molecule has 0 aliphatic heterocycles. The maximum Gasteiger partial charge on any atom is 0.225 e. The fourth-order valence-corrected chi connectivity index (χ4v) is 1.58. The number of likely N-dealkylation sites (N-methyl/N-ethyl adjacent to an activating group) is 1. The molecule has 0 aliphatic rings.